The van der Waals surface area contributed by atoms with E-state index in [4.69, 9.17) is 0 Å². The summed E-state index contributed by atoms with van der Waals surface area (Å²) in [5.74, 6) is -0.343. The predicted octanol–water partition coefficient (Wildman–Crippen LogP) is 3.57. The molecule has 0 heterocycles. The van der Waals surface area contributed by atoms with Crippen LogP contribution in [0, 0.1) is 35.5 Å². The molecule has 0 amide bonds. The summed E-state index contributed by atoms with van der Waals surface area (Å²) in [4.78, 5) is 101. The van der Waals surface area contributed by atoms with Crippen LogP contribution in [0.15, 0.2) is 18.2 Å². The van der Waals surface area contributed by atoms with E-state index in [0.29, 0.717) is 36.0 Å². The third kappa shape index (κ3) is 6.29. The maximum atomic E-state index is 11.5. The lowest BCUT2D eigenvalue weighted by Gasteiger charge is -2.28. The van der Waals surface area contributed by atoms with Crippen LogP contribution in [0.25, 0.3) is 0 Å². The molecule has 9 nitrogen and oxygen atoms in total. The van der Waals surface area contributed by atoms with Crippen molar-refractivity contribution in [2.45, 2.75) is 72.1 Å². The highest BCUT2D eigenvalue weighted by Crippen LogP contribution is 2.43. The van der Waals surface area contributed by atoms with Gasteiger partial charge in [0.1, 0.15) is 34.7 Å². The molecule has 1 aromatic carbocycles. The third-order valence-electron chi connectivity index (χ3n) is 9.26. The Morgan fingerprint density at radius 1 is 0.561 bits per heavy atom. The SMILES string of the molecule is CC(=O)C1CC2C(=O)CC(=O)C2C1.CC(=O)C1CCC2C(=O)CC(=O)C2C1.CC(=O)c1ccc2c(c1)C(=O)CC2=O. The number of carbonyl (C=O) groups is 9. The first kappa shape index (κ1) is 30.2. The van der Waals surface area contributed by atoms with E-state index in [1.54, 1.807) is 26.0 Å². The Labute approximate surface area is 237 Å². The Morgan fingerprint density at radius 2 is 1.02 bits per heavy atom. The summed E-state index contributed by atoms with van der Waals surface area (Å²) in [5, 5.41) is 0. The number of hydrogen-bond acceptors (Lipinski definition) is 9. The number of hydrogen-bond donors (Lipinski definition) is 0. The highest BCUT2D eigenvalue weighted by atomic mass is 16.2. The van der Waals surface area contributed by atoms with Gasteiger partial charge in [-0.05, 0) is 65.0 Å². The molecule has 0 N–H and O–H groups in total. The summed E-state index contributed by atoms with van der Waals surface area (Å²) in [6.07, 6.45) is 3.53. The zero-order valence-corrected chi connectivity index (χ0v) is 23.5. The molecule has 0 aromatic heterocycles. The van der Waals surface area contributed by atoms with Crippen molar-refractivity contribution in [1.82, 2.24) is 0 Å². The lowest BCUT2D eigenvalue weighted by atomic mass is 9.74. The summed E-state index contributed by atoms with van der Waals surface area (Å²) in [6, 6.07) is 4.64. The van der Waals surface area contributed by atoms with Crippen molar-refractivity contribution in [3.05, 3.63) is 34.9 Å². The lowest BCUT2D eigenvalue weighted by Crippen LogP contribution is -2.29. The van der Waals surface area contributed by atoms with Crippen molar-refractivity contribution >= 4 is 52.0 Å². The number of carbonyl (C=O) groups excluding carboxylic acids is 9. The van der Waals surface area contributed by atoms with E-state index in [0.717, 1.165) is 12.8 Å². The van der Waals surface area contributed by atoms with Crippen LogP contribution in [0.4, 0.5) is 0 Å². The normalized spacial score (nSPS) is 29.6. The van der Waals surface area contributed by atoms with Crippen LogP contribution in [-0.2, 0) is 28.8 Å². The largest absolute Gasteiger partial charge is 0.300 e. The molecular weight excluding hydrogens is 528 g/mol. The second-order valence-electron chi connectivity index (χ2n) is 11.9. The molecule has 4 saturated carbocycles. The van der Waals surface area contributed by atoms with Crippen molar-refractivity contribution in [3.63, 3.8) is 0 Å². The van der Waals surface area contributed by atoms with Crippen LogP contribution in [0.1, 0.15) is 103 Å². The van der Waals surface area contributed by atoms with E-state index >= 15 is 0 Å². The van der Waals surface area contributed by atoms with E-state index in [-0.39, 0.29) is 107 Å². The van der Waals surface area contributed by atoms with Crippen molar-refractivity contribution in [2.24, 2.45) is 35.5 Å². The van der Waals surface area contributed by atoms with E-state index in [2.05, 4.69) is 0 Å². The Morgan fingerprint density at radius 3 is 1.54 bits per heavy atom. The fourth-order valence-electron chi connectivity index (χ4n) is 6.80. The van der Waals surface area contributed by atoms with Gasteiger partial charge in [-0.25, -0.2) is 0 Å². The van der Waals surface area contributed by atoms with Gasteiger partial charge in [0.2, 0.25) is 0 Å². The van der Waals surface area contributed by atoms with Crippen LogP contribution < -0.4 is 0 Å². The van der Waals surface area contributed by atoms with Gasteiger partial charge in [0.15, 0.2) is 17.3 Å². The van der Waals surface area contributed by atoms with Gasteiger partial charge < -0.3 is 0 Å². The molecule has 0 bridgehead atoms. The number of rotatable bonds is 3. The summed E-state index contributed by atoms with van der Waals surface area (Å²) in [6.45, 7) is 4.55. The molecule has 4 fully saturated rings. The van der Waals surface area contributed by atoms with Gasteiger partial charge in [0.05, 0.1) is 19.3 Å². The molecule has 41 heavy (non-hydrogen) atoms. The monoisotopic (exact) mass is 562 g/mol. The molecule has 0 saturated heterocycles. The van der Waals surface area contributed by atoms with Gasteiger partial charge in [-0.3, -0.25) is 43.2 Å². The van der Waals surface area contributed by atoms with Gasteiger partial charge in [0.25, 0.3) is 0 Å². The Kier molecular flexibility index (Phi) is 8.85. The summed E-state index contributed by atoms with van der Waals surface area (Å²) in [7, 11) is 0. The number of fused-ring (bicyclic) bond motifs is 3. The Balaban J connectivity index is 0.000000142. The molecule has 0 radical (unpaired) electrons. The quantitative estimate of drug-likeness (QED) is 0.397. The minimum Gasteiger partial charge on any atom is -0.300 e. The van der Waals surface area contributed by atoms with Crippen LogP contribution in [0.2, 0.25) is 0 Å². The van der Waals surface area contributed by atoms with Crippen molar-refractivity contribution in [1.29, 1.82) is 0 Å². The molecule has 5 aliphatic carbocycles. The maximum absolute atomic E-state index is 11.5. The highest BCUT2D eigenvalue weighted by molar-refractivity contribution is 6.24. The second-order valence-corrected chi connectivity index (χ2v) is 11.9. The second kappa shape index (κ2) is 12.0. The van der Waals surface area contributed by atoms with Gasteiger partial charge in [-0.15, -0.1) is 0 Å². The van der Waals surface area contributed by atoms with Crippen LogP contribution in [-0.4, -0.2) is 52.0 Å². The molecule has 0 aliphatic heterocycles. The number of ketones is 9. The Bertz CT molecular complexity index is 1360. The van der Waals surface area contributed by atoms with Gasteiger partial charge in [-0.1, -0.05) is 6.07 Å². The van der Waals surface area contributed by atoms with Gasteiger partial charge >= 0.3 is 0 Å². The van der Waals surface area contributed by atoms with E-state index < -0.39 is 0 Å². The maximum Gasteiger partial charge on any atom is 0.171 e. The van der Waals surface area contributed by atoms with Crippen molar-refractivity contribution < 1.29 is 43.2 Å². The van der Waals surface area contributed by atoms with Crippen LogP contribution in [0.3, 0.4) is 0 Å². The minimum atomic E-state index is -0.187. The van der Waals surface area contributed by atoms with Crippen molar-refractivity contribution in [3.8, 4) is 0 Å². The summed E-state index contributed by atoms with van der Waals surface area (Å²) in [5.41, 5.74) is 1.31. The molecule has 1 aromatic rings. The van der Waals surface area contributed by atoms with Gasteiger partial charge in [-0.2, -0.15) is 0 Å². The zero-order chi connectivity index (χ0) is 30.2. The predicted molar refractivity (Wildman–Crippen MR) is 144 cm³/mol. The summed E-state index contributed by atoms with van der Waals surface area (Å²) >= 11 is 0. The molecule has 5 aliphatic rings. The fourth-order valence-corrected chi connectivity index (χ4v) is 6.80. The van der Waals surface area contributed by atoms with Crippen LogP contribution in [0.5, 0.6) is 0 Å². The Hall–Kier alpha value is -3.75. The van der Waals surface area contributed by atoms with E-state index in [9.17, 15) is 43.2 Å². The molecule has 5 atom stereocenters. The molecule has 6 rings (SSSR count). The van der Waals surface area contributed by atoms with E-state index in [1.807, 2.05) is 0 Å². The number of Topliss-reactive ketones (excluding diaryl/α,β-unsaturated/α-hetero) is 9. The molecule has 5 unspecified atom stereocenters. The zero-order valence-electron chi connectivity index (χ0n) is 23.5. The van der Waals surface area contributed by atoms with Crippen molar-refractivity contribution in [2.75, 3.05) is 0 Å². The lowest BCUT2D eigenvalue weighted by molar-refractivity contribution is -0.127. The first-order chi connectivity index (χ1) is 19.3. The molecular formula is C32H34O9. The first-order valence-electron chi connectivity index (χ1n) is 14.1. The average molecular weight is 563 g/mol. The smallest absolute Gasteiger partial charge is 0.171 e. The van der Waals surface area contributed by atoms with Gasteiger partial charge in [0, 0.05) is 52.2 Å². The molecule has 9 heteroatoms. The molecule has 216 valence electrons. The first-order valence-corrected chi connectivity index (χ1v) is 14.1. The van der Waals surface area contributed by atoms with Crippen LogP contribution >= 0.6 is 0 Å². The topological polar surface area (TPSA) is 154 Å². The number of benzene rings is 1. The summed E-state index contributed by atoms with van der Waals surface area (Å²) < 4.78 is 0. The third-order valence-corrected chi connectivity index (χ3v) is 9.26. The fraction of sp³-hybridized carbons (Fsp3) is 0.531. The molecule has 0 spiro atoms. The van der Waals surface area contributed by atoms with E-state index in [1.165, 1.54) is 13.0 Å². The standard InChI is InChI=1S/C11H14O3.C11H8O3.C10H12O3/c2*1-6(12)7-2-3-8-9(4-7)11(14)5-10(8)13;1-5(11)6-2-7-8(3-6)10(13)4-9(7)12/h7-9H,2-5H2,1H3;2-4H,5H2,1H3;6-8H,2-4H2,1H3. The minimum absolute atomic E-state index is 0.0195. The highest BCUT2D eigenvalue weighted by Gasteiger charge is 2.49. The average Bonchev–Trinajstić information content (AvgIpc) is 3.64.